The van der Waals surface area contributed by atoms with E-state index in [9.17, 15) is 0 Å². The number of pyridine rings is 1. The van der Waals surface area contributed by atoms with E-state index >= 15 is 0 Å². The van der Waals surface area contributed by atoms with E-state index < -0.39 is 0 Å². The molecule has 3 nitrogen and oxygen atoms in total. The third kappa shape index (κ3) is 2.20. The fourth-order valence-electron chi connectivity index (χ4n) is 2.95. The topological polar surface area (TPSA) is 34.1 Å². The van der Waals surface area contributed by atoms with Crippen LogP contribution in [-0.4, -0.2) is 24.2 Å². The maximum atomic E-state index is 5.17. The Labute approximate surface area is 102 Å². The van der Waals surface area contributed by atoms with E-state index in [1.54, 1.807) is 13.3 Å². The van der Waals surface area contributed by atoms with Gasteiger partial charge in [0, 0.05) is 18.3 Å². The van der Waals surface area contributed by atoms with E-state index in [0.717, 1.165) is 17.4 Å². The molecule has 2 fully saturated rings. The quantitative estimate of drug-likeness (QED) is 0.864. The highest BCUT2D eigenvalue weighted by Crippen LogP contribution is 2.34. The fourth-order valence-corrected chi connectivity index (χ4v) is 2.95. The van der Waals surface area contributed by atoms with Crippen LogP contribution in [0.2, 0.25) is 0 Å². The van der Waals surface area contributed by atoms with Crippen LogP contribution >= 0.6 is 0 Å². The molecule has 90 valence electrons. The Bertz CT molecular complexity index is 430. The molecule has 0 radical (unpaired) electrons. The fraction of sp³-hybridized carbons (Fsp3) is 0.500. The molecule has 3 unspecified atom stereocenters. The predicted octanol–water partition coefficient (Wildman–Crippen LogP) is 2.24. The zero-order chi connectivity index (χ0) is 11.7. The van der Waals surface area contributed by atoms with Gasteiger partial charge in [-0.1, -0.05) is 12.2 Å². The minimum atomic E-state index is 0.694. The van der Waals surface area contributed by atoms with Gasteiger partial charge in [0.05, 0.1) is 13.3 Å². The second-order valence-electron chi connectivity index (χ2n) is 4.96. The molecule has 0 spiro atoms. The van der Waals surface area contributed by atoms with Gasteiger partial charge in [0.25, 0.3) is 0 Å². The molecule has 3 heteroatoms. The SMILES string of the molecule is COc1cncc(/C=C/C2CC3CCC2N3)c1. The lowest BCUT2D eigenvalue weighted by Crippen LogP contribution is -2.21. The van der Waals surface area contributed by atoms with E-state index in [4.69, 9.17) is 4.74 Å². The molecule has 0 aliphatic carbocycles. The average molecular weight is 230 g/mol. The Morgan fingerprint density at radius 3 is 3.06 bits per heavy atom. The Hall–Kier alpha value is -1.35. The number of hydrogen-bond acceptors (Lipinski definition) is 3. The second kappa shape index (κ2) is 4.49. The van der Waals surface area contributed by atoms with Crippen molar-refractivity contribution in [2.24, 2.45) is 5.92 Å². The van der Waals surface area contributed by atoms with Gasteiger partial charge in [-0.2, -0.15) is 0 Å². The molecule has 1 aromatic heterocycles. The second-order valence-corrected chi connectivity index (χ2v) is 4.96. The maximum Gasteiger partial charge on any atom is 0.137 e. The third-order valence-electron chi connectivity index (χ3n) is 3.86. The van der Waals surface area contributed by atoms with E-state index in [1.807, 2.05) is 12.3 Å². The zero-order valence-electron chi connectivity index (χ0n) is 10.1. The summed E-state index contributed by atoms with van der Waals surface area (Å²) in [6, 6.07) is 3.48. The molecule has 17 heavy (non-hydrogen) atoms. The van der Waals surface area contributed by atoms with Crippen molar-refractivity contribution in [2.45, 2.75) is 31.3 Å². The Morgan fingerprint density at radius 1 is 1.41 bits per heavy atom. The lowest BCUT2D eigenvalue weighted by atomic mass is 9.89. The van der Waals surface area contributed by atoms with Crippen molar-refractivity contribution in [1.29, 1.82) is 0 Å². The van der Waals surface area contributed by atoms with Gasteiger partial charge in [-0.15, -0.1) is 0 Å². The summed E-state index contributed by atoms with van der Waals surface area (Å²) < 4.78 is 5.17. The molecule has 3 atom stereocenters. The van der Waals surface area contributed by atoms with Crippen LogP contribution in [0.3, 0.4) is 0 Å². The molecule has 0 amide bonds. The normalized spacial score (nSPS) is 31.2. The van der Waals surface area contributed by atoms with Gasteiger partial charge in [-0.25, -0.2) is 0 Å². The molecule has 3 rings (SSSR count). The van der Waals surface area contributed by atoms with Crippen LogP contribution in [0.15, 0.2) is 24.5 Å². The molecule has 2 aliphatic rings. The highest BCUT2D eigenvalue weighted by Gasteiger charge is 2.37. The van der Waals surface area contributed by atoms with E-state index in [-0.39, 0.29) is 0 Å². The van der Waals surface area contributed by atoms with Crippen molar-refractivity contribution < 1.29 is 4.74 Å². The first-order valence-electron chi connectivity index (χ1n) is 6.28. The van der Waals surface area contributed by atoms with Crippen LogP contribution in [0.4, 0.5) is 0 Å². The van der Waals surface area contributed by atoms with Crippen molar-refractivity contribution in [3.05, 3.63) is 30.1 Å². The third-order valence-corrected chi connectivity index (χ3v) is 3.86. The van der Waals surface area contributed by atoms with Crippen molar-refractivity contribution in [1.82, 2.24) is 10.3 Å². The smallest absolute Gasteiger partial charge is 0.137 e. The summed E-state index contributed by atoms with van der Waals surface area (Å²) in [7, 11) is 1.67. The summed E-state index contributed by atoms with van der Waals surface area (Å²) in [6.45, 7) is 0. The van der Waals surface area contributed by atoms with Gasteiger partial charge in [-0.3, -0.25) is 4.98 Å². The monoisotopic (exact) mass is 230 g/mol. The maximum absolute atomic E-state index is 5.17. The van der Waals surface area contributed by atoms with Crippen molar-refractivity contribution in [3.63, 3.8) is 0 Å². The average Bonchev–Trinajstić information content (AvgIpc) is 2.99. The molecule has 3 heterocycles. The van der Waals surface area contributed by atoms with Gasteiger partial charge < -0.3 is 10.1 Å². The minimum absolute atomic E-state index is 0.694. The molecule has 0 saturated carbocycles. The van der Waals surface area contributed by atoms with Gasteiger partial charge >= 0.3 is 0 Å². The first kappa shape index (κ1) is 10.8. The van der Waals surface area contributed by atoms with Gasteiger partial charge in [0.15, 0.2) is 0 Å². The molecular formula is C14H18N2O. The van der Waals surface area contributed by atoms with Gasteiger partial charge in [-0.05, 0) is 36.8 Å². The molecule has 2 saturated heterocycles. The standard InChI is InChI=1S/C14H18N2O/c1-17-13-6-10(8-15-9-13)2-3-11-7-12-4-5-14(11)16-12/h2-3,6,8-9,11-12,14,16H,4-5,7H2,1H3/b3-2+. The van der Waals surface area contributed by atoms with Crippen LogP contribution < -0.4 is 10.1 Å². The number of rotatable bonds is 3. The number of fused-ring (bicyclic) bond motifs is 2. The molecule has 0 aromatic carbocycles. The first-order valence-corrected chi connectivity index (χ1v) is 6.28. The molecule has 1 N–H and O–H groups in total. The number of ether oxygens (including phenoxy) is 1. The Morgan fingerprint density at radius 2 is 2.35 bits per heavy atom. The first-order chi connectivity index (χ1) is 8.35. The zero-order valence-corrected chi connectivity index (χ0v) is 10.1. The molecular weight excluding hydrogens is 212 g/mol. The van der Waals surface area contributed by atoms with Crippen molar-refractivity contribution >= 4 is 6.08 Å². The van der Waals surface area contributed by atoms with E-state index in [0.29, 0.717) is 12.0 Å². The van der Waals surface area contributed by atoms with Gasteiger partial charge in [0.1, 0.15) is 5.75 Å². The summed E-state index contributed by atoms with van der Waals surface area (Å²) in [4.78, 5) is 4.16. The van der Waals surface area contributed by atoms with Gasteiger partial charge in [0.2, 0.25) is 0 Å². The van der Waals surface area contributed by atoms with Crippen LogP contribution in [0, 0.1) is 5.92 Å². The van der Waals surface area contributed by atoms with Crippen LogP contribution in [0.1, 0.15) is 24.8 Å². The van der Waals surface area contributed by atoms with Crippen LogP contribution in [0.25, 0.3) is 6.08 Å². The predicted molar refractivity (Wildman–Crippen MR) is 67.9 cm³/mol. The summed E-state index contributed by atoms with van der Waals surface area (Å²) in [5.41, 5.74) is 1.12. The number of nitrogens with zero attached hydrogens (tertiary/aromatic N) is 1. The summed E-state index contributed by atoms with van der Waals surface area (Å²) in [5, 5.41) is 3.65. The Kier molecular flexibility index (Phi) is 2.85. The number of methoxy groups -OCH3 is 1. The van der Waals surface area contributed by atoms with Crippen LogP contribution in [-0.2, 0) is 0 Å². The van der Waals surface area contributed by atoms with Crippen molar-refractivity contribution in [3.8, 4) is 5.75 Å². The number of nitrogens with one attached hydrogen (secondary N) is 1. The van der Waals surface area contributed by atoms with Crippen molar-refractivity contribution in [2.75, 3.05) is 7.11 Å². The van der Waals surface area contributed by atoms with E-state index in [2.05, 4.69) is 22.5 Å². The van der Waals surface area contributed by atoms with E-state index in [1.165, 1.54) is 19.3 Å². The molecule has 1 aromatic rings. The van der Waals surface area contributed by atoms with Crippen LogP contribution in [0.5, 0.6) is 5.75 Å². The largest absolute Gasteiger partial charge is 0.495 e. The number of hydrogen-bond donors (Lipinski definition) is 1. The minimum Gasteiger partial charge on any atom is -0.495 e. The lowest BCUT2D eigenvalue weighted by molar-refractivity contribution is 0.413. The molecule has 2 aliphatic heterocycles. The summed E-state index contributed by atoms with van der Waals surface area (Å²) in [6.07, 6.45) is 12.1. The highest BCUT2D eigenvalue weighted by molar-refractivity contribution is 5.50. The highest BCUT2D eigenvalue weighted by atomic mass is 16.5. The lowest BCUT2D eigenvalue weighted by Gasteiger charge is -2.15. The summed E-state index contributed by atoms with van der Waals surface area (Å²) >= 11 is 0. The summed E-state index contributed by atoms with van der Waals surface area (Å²) in [5.74, 6) is 1.51. The number of aromatic nitrogens is 1. The molecule has 2 bridgehead atoms. The Balaban J connectivity index is 1.69.